The van der Waals surface area contributed by atoms with Gasteiger partial charge in [-0.05, 0) is 36.3 Å². The smallest absolute Gasteiger partial charge is 0.227 e. The van der Waals surface area contributed by atoms with Crippen LogP contribution in [0.15, 0.2) is 24.3 Å². The van der Waals surface area contributed by atoms with Gasteiger partial charge in [0.2, 0.25) is 5.91 Å². The van der Waals surface area contributed by atoms with Gasteiger partial charge < -0.3 is 10.6 Å². The van der Waals surface area contributed by atoms with Crippen LogP contribution in [0.3, 0.4) is 0 Å². The summed E-state index contributed by atoms with van der Waals surface area (Å²) in [5.41, 5.74) is 7.95. The van der Waals surface area contributed by atoms with Crippen LogP contribution in [0.25, 0.3) is 0 Å². The second-order valence-corrected chi connectivity index (χ2v) is 7.64. The summed E-state index contributed by atoms with van der Waals surface area (Å²) in [4.78, 5) is 14.9. The van der Waals surface area contributed by atoms with Gasteiger partial charge in [-0.3, -0.25) is 4.79 Å². The number of benzene rings is 1. The van der Waals surface area contributed by atoms with Crippen LogP contribution in [0.2, 0.25) is 0 Å². The first-order valence-corrected chi connectivity index (χ1v) is 7.74. The molecule has 0 atom stereocenters. The van der Waals surface area contributed by atoms with E-state index < -0.39 is 0 Å². The predicted octanol–water partition coefficient (Wildman–Crippen LogP) is 3.69. The first kappa shape index (κ1) is 15.9. The number of anilines is 1. The van der Waals surface area contributed by atoms with E-state index in [1.54, 1.807) is 0 Å². The van der Waals surface area contributed by atoms with E-state index in [4.69, 9.17) is 5.73 Å². The van der Waals surface area contributed by atoms with Crippen molar-refractivity contribution < 1.29 is 4.79 Å². The summed E-state index contributed by atoms with van der Waals surface area (Å²) in [5, 5.41) is 0. The van der Waals surface area contributed by atoms with Crippen LogP contribution in [-0.2, 0) is 11.3 Å². The highest BCUT2D eigenvalue weighted by Crippen LogP contribution is 2.68. The van der Waals surface area contributed by atoms with Gasteiger partial charge in [0.25, 0.3) is 0 Å². The van der Waals surface area contributed by atoms with Crippen molar-refractivity contribution in [3.63, 3.8) is 0 Å². The molecule has 2 rings (SSSR count). The molecule has 21 heavy (non-hydrogen) atoms. The zero-order valence-corrected chi connectivity index (χ0v) is 14.1. The van der Waals surface area contributed by atoms with E-state index in [-0.39, 0.29) is 28.7 Å². The van der Waals surface area contributed by atoms with Gasteiger partial charge in [0.15, 0.2) is 0 Å². The largest absolute Gasteiger partial charge is 0.398 e. The van der Waals surface area contributed by atoms with Gasteiger partial charge in [-0.15, -0.1) is 0 Å². The summed E-state index contributed by atoms with van der Waals surface area (Å²) in [6.45, 7) is 13.5. The molecule has 0 unspecified atom stereocenters. The summed E-state index contributed by atoms with van der Waals surface area (Å²) in [6, 6.07) is 7.96. The average Bonchev–Trinajstić information content (AvgIpc) is 2.77. The maximum Gasteiger partial charge on any atom is 0.227 e. The second kappa shape index (κ2) is 5.04. The number of carbonyl (C=O) groups excluding carboxylic acids is 1. The highest BCUT2D eigenvalue weighted by molar-refractivity contribution is 5.84. The Hall–Kier alpha value is -1.51. The van der Waals surface area contributed by atoms with Gasteiger partial charge in [0.1, 0.15) is 0 Å². The number of hydrogen-bond donors (Lipinski definition) is 1. The molecule has 0 aliphatic heterocycles. The third-order valence-corrected chi connectivity index (χ3v) is 5.57. The van der Waals surface area contributed by atoms with Crippen molar-refractivity contribution in [2.24, 2.45) is 16.7 Å². The highest BCUT2D eigenvalue weighted by atomic mass is 16.2. The number of rotatable bonds is 4. The first-order chi connectivity index (χ1) is 9.60. The monoisotopic (exact) mass is 288 g/mol. The molecular formula is C18H28N2O. The molecule has 0 aromatic heterocycles. The van der Waals surface area contributed by atoms with E-state index in [0.717, 1.165) is 11.3 Å². The molecule has 3 nitrogen and oxygen atoms in total. The molecule has 1 saturated carbocycles. The lowest BCUT2D eigenvalue weighted by molar-refractivity contribution is -0.136. The number of amides is 1. The molecule has 0 radical (unpaired) electrons. The lowest BCUT2D eigenvalue weighted by Gasteiger charge is -2.28. The molecule has 1 amide bonds. The van der Waals surface area contributed by atoms with Gasteiger partial charge in [-0.2, -0.15) is 0 Å². The van der Waals surface area contributed by atoms with Crippen molar-refractivity contribution in [3.05, 3.63) is 29.8 Å². The van der Waals surface area contributed by atoms with Crippen LogP contribution in [0.5, 0.6) is 0 Å². The summed E-state index contributed by atoms with van der Waals surface area (Å²) >= 11 is 0. The van der Waals surface area contributed by atoms with Gasteiger partial charge in [-0.1, -0.05) is 45.9 Å². The lowest BCUT2D eigenvalue weighted by Crippen LogP contribution is -2.38. The van der Waals surface area contributed by atoms with Crippen LogP contribution in [0.1, 0.15) is 47.1 Å². The summed E-state index contributed by atoms with van der Waals surface area (Å²) in [5.74, 6) is 0.348. The minimum atomic E-state index is 0.0689. The molecule has 0 bridgehead atoms. The molecule has 1 aromatic rings. The molecule has 0 saturated heterocycles. The number of hydrogen-bond acceptors (Lipinski definition) is 2. The van der Waals surface area contributed by atoms with E-state index in [9.17, 15) is 4.79 Å². The molecule has 1 fully saturated rings. The third kappa shape index (κ3) is 2.54. The fraction of sp³-hybridized carbons (Fsp3) is 0.611. The van der Waals surface area contributed by atoms with Crippen molar-refractivity contribution in [3.8, 4) is 0 Å². The van der Waals surface area contributed by atoms with E-state index in [2.05, 4.69) is 41.5 Å². The maximum atomic E-state index is 13.0. The first-order valence-electron chi connectivity index (χ1n) is 7.74. The van der Waals surface area contributed by atoms with Crippen molar-refractivity contribution in [2.75, 3.05) is 5.73 Å². The number of nitrogens with two attached hydrogens (primary N) is 1. The molecule has 3 heteroatoms. The highest BCUT2D eigenvalue weighted by Gasteiger charge is 2.68. The Kier molecular flexibility index (Phi) is 3.81. The topological polar surface area (TPSA) is 46.3 Å². The zero-order valence-electron chi connectivity index (χ0n) is 14.1. The summed E-state index contributed by atoms with van der Waals surface area (Å²) < 4.78 is 0. The van der Waals surface area contributed by atoms with E-state index >= 15 is 0 Å². The van der Waals surface area contributed by atoms with E-state index in [1.165, 1.54) is 0 Å². The molecule has 1 aliphatic rings. The number of para-hydroxylation sites is 1. The Morgan fingerprint density at radius 1 is 1.19 bits per heavy atom. The minimum Gasteiger partial charge on any atom is -0.398 e. The summed E-state index contributed by atoms with van der Waals surface area (Å²) in [7, 11) is 0. The van der Waals surface area contributed by atoms with Crippen molar-refractivity contribution in [2.45, 2.75) is 54.1 Å². The Labute approximate surface area is 128 Å². The molecule has 1 aromatic carbocycles. The van der Waals surface area contributed by atoms with Crippen LogP contribution < -0.4 is 5.73 Å². The third-order valence-electron chi connectivity index (χ3n) is 5.57. The van der Waals surface area contributed by atoms with Crippen molar-refractivity contribution in [1.29, 1.82) is 0 Å². The number of nitrogen functional groups attached to an aromatic ring is 1. The Morgan fingerprint density at radius 2 is 1.71 bits per heavy atom. The normalized spacial score (nSPS) is 19.6. The Balaban J connectivity index is 2.22. The fourth-order valence-corrected chi connectivity index (χ4v) is 3.36. The Morgan fingerprint density at radius 3 is 2.14 bits per heavy atom. The van der Waals surface area contributed by atoms with Crippen molar-refractivity contribution >= 4 is 11.6 Å². The van der Waals surface area contributed by atoms with Gasteiger partial charge in [0, 0.05) is 24.2 Å². The standard InChI is InChI=1S/C18H28N2O/c1-12(2)20(11-13-9-7-8-10-14(13)19)16(21)15-17(3,4)18(15,5)6/h7-10,12,15H,11,19H2,1-6H3. The van der Waals surface area contributed by atoms with Crippen LogP contribution in [0, 0.1) is 16.7 Å². The molecule has 0 spiro atoms. The fourth-order valence-electron chi connectivity index (χ4n) is 3.36. The molecule has 1 aliphatic carbocycles. The molecule has 116 valence electrons. The van der Waals surface area contributed by atoms with Crippen LogP contribution in [0.4, 0.5) is 5.69 Å². The molecular weight excluding hydrogens is 260 g/mol. The van der Waals surface area contributed by atoms with E-state index in [0.29, 0.717) is 6.54 Å². The number of carbonyl (C=O) groups is 1. The quantitative estimate of drug-likeness (QED) is 0.859. The average molecular weight is 288 g/mol. The second-order valence-electron chi connectivity index (χ2n) is 7.64. The zero-order chi connectivity index (χ0) is 16.0. The Bertz CT molecular complexity index is 532. The van der Waals surface area contributed by atoms with Crippen LogP contribution in [-0.4, -0.2) is 16.8 Å². The summed E-state index contributed by atoms with van der Waals surface area (Å²) in [6.07, 6.45) is 0. The minimum absolute atomic E-state index is 0.0689. The predicted molar refractivity (Wildman–Crippen MR) is 87.6 cm³/mol. The maximum absolute atomic E-state index is 13.0. The van der Waals surface area contributed by atoms with E-state index in [1.807, 2.05) is 29.2 Å². The number of nitrogens with zero attached hydrogens (tertiary/aromatic N) is 1. The molecule has 0 heterocycles. The molecule has 2 N–H and O–H groups in total. The van der Waals surface area contributed by atoms with Gasteiger partial charge in [0.05, 0.1) is 0 Å². The van der Waals surface area contributed by atoms with Crippen LogP contribution >= 0.6 is 0 Å². The SMILES string of the molecule is CC(C)N(Cc1ccccc1N)C(=O)C1C(C)(C)C1(C)C. The van der Waals surface area contributed by atoms with Crippen molar-refractivity contribution in [1.82, 2.24) is 4.90 Å². The lowest BCUT2D eigenvalue weighted by atomic mass is 10.0. The van der Waals surface area contributed by atoms with Gasteiger partial charge in [-0.25, -0.2) is 0 Å². The van der Waals surface area contributed by atoms with Gasteiger partial charge >= 0.3 is 0 Å².